The number of ether oxygens (including phenoxy) is 2. The molecule has 1 unspecified atom stereocenters. The second kappa shape index (κ2) is 12.9. The Kier molecular flexibility index (Phi) is 9.61. The minimum absolute atomic E-state index is 0.0108. The number of amides is 2. The maximum absolute atomic E-state index is 15.4. The van der Waals surface area contributed by atoms with Gasteiger partial charge in [0.15, 0.2) is 0 Å². The zero-order valence-corrected chi connectivity index (χ0v) is 20.4. The number of aliphatic carboxylic acids is 1. The van der Waals surface area contributed by atoms with Crippen LogP contribution in [0.15, 0.2) is 36.4 Å². The predicted octanol–water partition coefficient (Wildman–Crippen LogP) is 4.55. The monoisotopic (exact) mass is 498 g/mol. The van der Waals surface area contributed by atoms with E-state index in [1.165, 1.54) is 19.2 Å². The van der Waals surface area contributed by atoms with E-state index in [9.17, 15) is 14.7 Å². The summed E-state index contributed by atoms with van der Waals surface area (Å²) >= 11 is 0. The Balaban J connectivity index is 1.97. The molecular formula is C26H31FN4O5. The average Bonchev–Trinajstić information content (AvgIpc) is 2.86. The zero-order valence-electron chi connectivity index (χ0n) is 20.4. The van der Waals surface area contributed by atoms with Crippen LogP contribution in [0.3, 0.4) is 0 Å². The second-order valence-corrected chi connectivity index (χ2v) is 8.54. The van der Waals surface area contributed by atoms with Crippen LogP contribution >= 0.6 is 0 Å². The molecule has 10 heteroatoms. The van der Waals surface area contributed by atoms with Gasteiger partial charge in [-0.25, -0.2) is 9.18 Å². The lowest BCUT2D eigenvalue weighted by Gasteiger charge is -2.36. The van der Waals surface area contributed by atoms with Crippen molar-refractivity contribution in [3.63, 3.8) is 0 Å². The quantitative estimate of drug-likeness (QED) is 0.439. The number of nitriles is 1. The van der Waals surface area contributed by atoms with Gasteiger partial charge in [-0.05, 0) is 61.7 Å². The van der Waals surface area contributed by atoms with Crippen molar-refractivity contribution in [2.45, 2.75) is 38.1 Å². The van der Waals surface area contributed by atoms with Crippen molar-refractivity contribution in [2.75, 3.05) is 49.0 Å². The number of halogens is 1. The molecule has 2 amide bonds. The summed E-state index contributed by atoms with van der Waals surface area (Å²) in [6.07, 6.45) is 1.21. The highest BCUT2D eigenvalue weighted by Gasteiger charge is 2.27. The number of rotatable bonds is 10. The second-order valence-electron chi connectivity index (χ2n) is 8.54. The maximum atomic E-state index is 15.4. The van der Waals surface area contributed by atoms with Gasteiger partial charge in [-0.1, -0.05) is 0 Å². The lowest BCUT2D eigenvalue weighted by molar-refractivity contribution is -0.137. The first-order valence-corrected chi connectivity index (χ1v) is 11.8. The molecule has 0 aliphatic carbocycles. The number of hydrogen-bond donors (Lipinski definition) is 3. The summed E-state index contributed by atoms with van der Waals surface area (Å²) in [4.78, 5) is 26.4. The van der Waals surface area contributed by atoms with Gasteiger partial charge in [0.2, 0.25) is 0 Å². The summed E-state index contributed by atoms with van der Waals surface area (Å²) < 4.78 is 26.0. The number of carbonyl (C=O) groups is 2. The average molecular weight is 499 g/mol. The molecule has 0 bridgehead atoms. The molecule has 0 aromatic heterocycles. The molecule has 2 aromatic rings. The van der Waals surface area contributed by atoms with Gasteiger partial charge in [0.05, 0.1) is 36.0 Å². The van der Waals surface area contributed by atoms with Crippen LogP contribution < -0.4 is 15.5 Å². The number of nitrogens with one attached hydrogen (secondary N) is 2. The van der Waals surface area contributed by atoms with Gasteiger partial charge in [0.1, 0.15) is 5.82 Å². The third kappa shape index (κ3) is 6.93. The highest BCUT2D eigenvalue weighted by Crippen LogP contribution is 2.36. The highest BCUT2D eigenvalue weighted by molar-refractivity contribution is 6.02. The number of carboxylic acids is 1. The van der Waals surface area contributed by atoms with Crippen LogP contribution in [0.5, 0.6) is 0 Å². The molecule has 0 spiro atoms. The van der Waals surface area contributed by atoms with Crippen molar-refractivity contribution in [2.24, 2.45) is 0 Å². The van der Waals surface area contributed by atoms with Crippen LogP contribution in [0.1, 0.15) is 43.2 Å². The van der Waals surface area contributed by atoms with E-state index in [1.807, 2.05) is 17.9 Å². The number of hydrogen-bond acceptors (Lipinski definition) is 6. The molecule has 192 valence electrons. The Hall–Kier alpha value is -3.68. The van der Waals surface area contributed by atoms with Crippen LogP contribution in [-0.2, 0) is 14.3 Å². The first kappa shape index (κ1) is 26.9. The van der Waals surface area contributed by atoms with Gasteiger partial charge < -0.3 is 30.1 Å². The van der Waals surface area contributed by atoms with Gasteiger partial charge in [-0.15, -0.1) is 0 Å². The van der Waals surface area contributed by atoms with Crippen LogP contribution in [0, 0.1) is 17.1 Å². The minimum Gasteiger partial charge on any atom is -0.481 e. The van der Waals surface area contributed by atoms with Crippen LogP contribution in [0.2, 0.25) is 0 Å². The topological polar surface area (TPSA) is 124 Å². The Labute approximate surface area is 209 Å². The van der Waals surface area contributed by atoms with E-state index < -0.39 is 23.7 Å². The first-order valence-electron chi connectivity index (χ1n) is 11.8. The fourth-order valence-electron chi connectivity index (χ4n) is 4.44. The molecule has 1 aliphatic rings. The smallest absolute Gasteiger partial charge is 0.323 e. The van der Waals surface area contributed by atoms with Crippen LogP contribution in [0.25, 0.3) is 0 Å². The molecule has 2 aromatic carbocycles. The minimum atomic E-state index is -1.08. The number of urea groups is 1. The van der Waals surface area contributed by atoms with Crippen LogP contribution in [-0.4, -0.2) is 56.6 Å². The third-order valence-electron chi connectivity index (χ3n) is 6.15. The van der Waals surface area contributed by atoms with E-state index in [0.717, 1.165) is 12.8 Å². The van der Waals surface area contributed by atoms with Gasteiger partial charge in [0, 0.05) is 44.5 Å². The lowest BCUT2D eigenvalue weighted by Crippen LogP contribution is -2.40. The summed E-state index contributed by atoms with van der Waals surface area (Å²) in [6.45, 7) is 3.74. The van der Waals surface area contributed by atoms with E-state index in [-0.39, 0.29) is 24.6 Å². The van der Waals surface area contributed by atoms with E-state index in [4.69, 9.17) is 14.7 Å². The largest absolute Gasteiger partial charge is 0.481 e. The number of methoxy groups -OCH3 is 1. The molecule has 1 aliphatic heterocycles. The predicted molar refractivity (Wildman–Crippen MR) is 134 cm³/mol. The van der Waals surface area contributed by atoms with Crippen molar-refractivity contribution >= 4 is 29.1 Å². The Bertz CT molecular complexity index is 1100. The molecule has 1 heterocycles. The number of benzene rings is 2. The Morgan fingerprint density at radius 1 is 1.25 bits per heavy atom. The molecule has 0 saturated carbocycles. The van der Waals surface area contributed by atoms with Gasteiger partial charge in [0.25, 0.3) is 0 Å². The maximum Gasteiger partial charge on any atom is 0.323 e. The summed E-state index contributed by atoms with van der Waals surface area (Å²) in [6, 6.07) is 10.8. The molecule has 0 radical (unpaired) electrons. The SMILES string of the molecule is CCN(c1cc(F)c(C(COC)CC(=O)O)cc1NC(=O)Nc1ccc(C#N)cc1)C1CCOCC1. The molecule has 3 N–H and O–H groups in total. The fraction of sp³-hybridized carbons (Fsp3) is 0.423. The standard InChI is InChI=1S/C26H31FN4O5/c1-3-31(20-8-10-36-11-9-20)24-14-22(27)21(18(16-35-2)12-25(32)33)13-23(24)30-26(34)29-19-6-4-17(15-28)5-7-19/h4-7,13-14,18,20H,3,8-12,16H2,1-2H3,(H,32,33)(H2,29,30,34). The Morgan fingerprint density at radius 2 is 1.94 bits per heavy atom. The number of carbonyl (C=O) groups excluding carboxylic acids is 1. The lowest BCUT2D eigenvalue weighted by atomic mass is 9.94. The van der Waals surface area contributed by atoms with Crippen molar-refractivity contribution in [3.05, 3.63) is 53.3 Å². The van der Waals surface area contributed by atoms with Crippen molar-refractivity contribution in [3.8, 4) is 6.07 Å². The van der Waals surface area contributed by atoms with Crippen molar-refractivity contribution in [1.82, 2.24) is 0 Å². The fourth-order valence-corrected chi connectivity index (χ4v) is 4.44. The number of carboxylic acid groups (broad SMARTS) is 1. The highest BCUT2D eigenvalue weighted by atomic mass is 19.1. The molecule has 1 saturated heterocycles. The summed E-state index contributed by atoms with van der Waals surface area (Å²) in [5, 5.41) is 23.8. The van der Waals surface area contributed by atoms with E-state index in [2.05, 4.69) is 10.6 Å². The summed E-state index contributed by atoms with van der Waals surface area (Å²) in [7, 11) is 1.43. The third-order valence-corrected chi connectivity index (χ3v) is 6.15. The van der Waals surface area contributed by atoms with Gasteiger partial charge in [-0.3, -0.25) is 4.79 Å². The molecule has 1 atom stereocenters. The summed E-state index contributed by atoms with van der Waals surface area (Å²) in [5.41, 5.74) is 1.96. The van der Waals surface area contributed by atoms with Gasteiger partial charge in [-0.2, -0.15) is 5.26 Å². The van der Waals surface area contributed by atoms with Crippen LogP contribution in [0.4, 0.5) is 26.2 Å². The van der Waals surface area contributed by atoms with E-state index >= 15 is 4.39 Å². The summed E-state index contributed by atoms with van der Waals surface area (Å²) in [5.74, 6) is -2.37. The van der Waals surface area contributed by atoms with E-state index in [0.29, 0.717) is 42.4 Å². The molecule has 36 heavy (non-hydrogen) atoms. The first-order chi connectivity index (χ1) is 17.4. The van der Waals surface area contributed by atoms with Crippen molar-refractivity contribution in [1.29, 1.82) is 5.26 Å². The van der Waals surface area contributed by atoms with Crippen molar-refractivity contribution < 1.29 is 28.6 Å². The van der Waals surface area contributed by atoms with E-state index in [1.54, 1.807) is 24.3 Å². The molecular weight excluding hydrogens is 467 g/mol. The molecule has 3 rings (SSSR count). The number of anilines is 3. The number of nitrogens with zero attached hydrogens (tertiary/aromatic N) is 2. The normalized spacial score (nSPS) is 14.5. The molecule has 9 nitrogen and oxygen atoms in total. The van der Waals surface area contributed by atoms with Gasteiger partial charge >= 0.3 is 12.0 Å². The molecule has 1 fully saturated rings. The Morgan fingerprint density at radius 3 is 2.53 bits per heavy atom. The zero-order chi connectivity index (χ0) is 26.1.